The van der Waals surface area contributed by atoms with Crippen LogP contribution in [-0.4, -0.2) is 21.8 Å². The van der Waals surface area contributed by atoms with E-state index >= 15 is 0 Å². The molecule has 0 saturated carbocycles. The van der Waals surface area contributed by atoms with Crippen LogP contribution in [0.15, 0.2) is 61.2 Å². The molecule has 0 radical (unpaired) electrons. The van der Waals surface area contributed by atoms with E-state index in [9.17, 15) is 0 Å². The number of rotatable bonds is 4. The van der Waals surface area contributed by atoms with Crippen LogP contribution in [0.3, 0.4) is 0 Å². The SMILES string of the molecule is CN(C(=N)S)c1ccc(C(c2cc(Cl)ccc2Cl)n2ccnc2)cc1. The number of hydrogen-bond donors (Lipinski definition) is 2. The molecule has 1 unspecified atom stereocenters. The lowest BCUT2D eigenvalue weighted by Crippen LogP contribution is -2.20. The van der Waals surface area contributed by atoms with E-state index in [1.54, 1.807) is 36.6 Å². The van der Waals surface area contributed by atoms with E-state index < -0.39 is 0 Å². The molecule has 7 heteroatoms. The molecule has 3 rings (SSSR count). The van der Waals surface area contributed by atoms with Gasteiger partial charge in [0.15, 0.2) is 5.17 Å². The van der Waals surface area contributed by atoms with Crippen molar-refractivity contribution in [3.8, 4) is 0 Å². The van der Waals surface area contributed by atoms with Crippen molar-refractivity contribution in [2.24, 2.45) is 0 Å². The van der Waals surface area contributed by atoms with Crippen LogP contribution in [0.1, 0.15) is 17.2 Å². The number of imidazole rings is 1. The second kappa shape index (κ2) is 7.52. The molecule has 1 heterocycles. The first kappa shape index (κ1) is 17.9. The quantitative estimate of drug-likeness (QED) is 0.368. The molecule has 1 aromatic heterocycles. The summed E-state index contributed by atoms with van der Waals surface area (Å²) < 4.78 is 1.98. The first-order valence-electron chi connectivity index (χ1n) is 7.51. The standard InChI is InChI=1S/C18H16Cl2N4S/c1-23(18(21)25)14-5-2-12(3-6-14)17(24-9-8-22-11-24)15-10-13(19)4-7-16(15)20/h2-11,17H,1H3,(H2,21,25). The molecule has 0 bridgehead atoms. The molecule has 0 amide bonds. The summed E-state index contributed by atoms with van der Waals surface area (Å²) in [5.41, 5.74) is 2.81. The van der Waals surface area contributed by atoms with E-state index in [-0.39, 0.29) is 11.2 Å². The smallest absolute Gasteiger partial charge is 0.157 e. The number of aromatic nitrogens is 2. The van der Waals surface area contributed by atoms with Crippen LogP contribution >= 0.6 is 35.8 Å². The summed E-state index contributed by atoms with van der Waals surface area (Å²) in [5.74, 6) is 0. The van der Waals surface area contributed by atoms with Gasteiger partial charge in [-0.3, -0.25) is 5.41 Å². The Hall–Kier alpha value is -1.95. The van der Waals surface area contributed by atoms with Crippen molar-refractivity contribution in [2.75, 3.05) is 11.9 Å². The molecule has 0 fully saturated rings. The number of halogens is 2. The van der Waals surface area contributed by atoms with Crippen LogP contribution in [0.25, 0.3) is 0 Å². The third-order valence-electron chi connectivity index (χ3n) is 3.99. The van der Waals surface area contributed by atoms with Crippen molar-refractivity contribution in [2.45, 2.75) is 6.04 Å². The Morgan fingerprint density at radius 2 is 1.92 bits per heavy atom. The predicted octanol–water partition coefficient (Wildman–Crippen LogP) is 5.13. The topological polar surface area (TPSA) is 44.9 Å². The molecule has 2 aromatic carbocycles. The molecule has 3 aromatic rings. The average molecular weight is 391 g/mol. The summed E-state index contributed by atoms with van der Waals surface area (Å²) in [5, 5.41) is 9.07. The van der Waals surface area contributed by atoms with Crippen molar-refractivity contribution in [1.29, 1.82) is 5.41 Å². The summed E-state index contributed by atoms with van der Waals surface area (Å²) in [6.45, 7) is 0. The molecule has 25 heavy (non-hydrogen) atoms. The summed E-state index contributed by atoms with van der Waals surface area (Å²) in [7, 11) is 1.80. The summed E-state index contributed by atoms with van der Waals surface area (Å²) in [6.07, 6.45) is 5.38. The summed E-state index contributed by atoms with van der Waals surface area (Å²) in [6, 6.07) is 13.2. The lowest BCUT2D eigenvalue weighted by molar-refractivity contribution is 0.677. The third-order valence-corrected chi connectivity index (χ3v) is 4.87. The molecule has 1 N–H and O–H groups in total. The van der Waals surface area contributed by atoms with Crippen molar-refractivity contribution < 1.29 is 0 Å². The van der Waals surface area contributed by atoms with Crippen LogP contribution in [0.5, 0.6) is 0 Å². The second-order valence-corrected chi connectivity index (χ2v) is 6.82. The van der Waals surface area contributed by atoms with Crippen LogP contribution in [0.4, 0.5) is 5.69 Å². The van der Waals surface area contributed by atoms with Crippen molar-refractivity contribution in [1.82, 2.24) is 9.55 Å². The highest BCUT2D eigenvalue weighted by Gasteiger charge is 2.19. The number of amidine groups is 1. The number of benzene rings is 2. The zero-order valence-electron chi connectivity index (χ0n) is 13.4. The van der Waals surface area contributed by atoms with E-state index in [0.717, 1.165) is 16.8 Å². The van der Waals surface area contributed by atoms with Crippen LogP contribution < -0.4 is 4.90 Å². The molecule has 0 aliphatic heterocycles. The van der Waals surface area contributed by atoms with Gasteiger partial charge in [0, 0.05) is 35.2 Å². The highest BCUT2D eigenvalue weighted by Crippen LogP contribution is 2.34. The van der Waals surface area contributed by atoms with Gasteiger partial charge in [-0.2, -0.15) is 0 Å². The maximum absolute atomic E-state index is 7.62. The number of thiol groups is 1. The first-order valence-corrected chi connectivity index (χ1v) is 8.71. The van der Waals surface area contributed by atoms with Gasteiger partial charge >= 0.3 is 0 Å². The van der Waals surface area contributed by atoms with Gasteiger partial charge in [-0.1, -0.05) is 35.3 Å². The Bertz CT molecular complexity index is 879. The normalized spacial score (nSPS) is 12.0. The number of nitrogens with one attached hydrogen (secondary N) is 1. The Morgan fingerprint density at radius 1 is 1.20 bits per heavy atom. The minimum absolute atomic E-state index is 0.150. The van der Waals surface area contributed by atoms with Gasteiger partial charge < -0.3 is 9.47 Å². The van der Waals surface area contributed by atoms with E-state index in [1.807, 2.05) is 41.1 Å². The van der Waals surface area contributed by atoms with Gasteiger partial charge in [-0.25, -0.2) is 4.98 Å². The summed E-state index contributed by atoms with van der Waals surface area (Å²) in [4.78, 5) is 5.84. The van der Waals surface area contributed by atoms with E-state index in [4.69, 9.17) is 28.6 Å². The zero-order chi connectivity index (χ0) is 18.0. The monoisotopic (exact) mass is 390 g/mol. The minimum atomic E-state index is -0.150. The number of anilines is 1. The molecule has 0 aliphatic rings. The Labute approximate surface area is 161 Å². The maximum atomic E-state index is 7.62. The van der Waals surface area contributed by atoms with Gasteiger partial charge in [-0.05, 0) is 41.5 Å². The first-order chi connectivity index (χ1) is 12.0. The zero-order valence-corrected chi connectivity index (χ0v) is 15.8. The second-order valence-electron chi connectivity index (χ2n) is 5.55. The number of nitrogens with zero attached hydrogens (tertiary/aromatic N) is 3. The van der Waals surface area contributed by atoms with Crippen molar-refractivity contribution in [3.05, 3.63) is 82.4 Å². The van der Waals surface area contributed by atoms with E-state index in [2.05, 4.69) is 17.6 Å². The minimum Gasteiger partial charge on any atom is -0.326 e. The molecule has 4 nitrogen and oxygen atoms in total. The molecule has 0 spiro atoms. The lowest BCUT2D eigenvalue weighted by atomic mass is 9.98. The molecule has 1 atom stereocenters. The Balaban J connectivity index is 2.07. The third kappa shape index (κ3) is 3.84. The fourth-order valence-electron chi connectivity index (χ4n) is 2.66. The van der Waals surface area contributed by atoms with Crippen LogP contribution in [0.2, 0.25) is 10.0 Å². The van der Waals surface area contributed by atoms with Crippen molar-refractivity contribution in [3.63, 3.8) is 0 Å². The summed E-state index contributed by atoms with van der Waals surface area (Å²) >= 11 is 16.7. The highest BCUT2D eigenvalue weighted by molar-refractivity contribution is 7.97. The van der Waals surface area contributed by atoms with Gasteiger partial charge in [0.05, 0.1) is 12.4 Å². The fourth-order valence-corrected chi connectivity index (χ4v) is 3.18. The molecular formula is C18H16Cl2N4S. The predicted molar refractivity (Wildman–Crippen MR) is 107 cm³/mol. The van der Waals surface area contributed by atoms with Crippen molar-refractivity contribution >= 4 is 46.7 Å². The van der Waals surface area contributed by atoms with Crippen LogP contribution in [0, 0.1) is 5.41 Å². The maximum Gasteiger partial charge on any atom is 0.157 e. The van der Waals surface area contributed by atoms with Gasteiger partial charge in [0.25, 0.3) is 0 Å². The van der Waals surface area contributed by atoms with E-state index in [1.165, 1.54) is 0 Å². The van der Waals surface area contributed by atoms with Gasteiger partial charge in [0.1, 0.15) is 0 Å². The van der Waals surface area contributed by atoms with Gasteiger partial charge in [-0.15, -0.1) is 12.6 Å². The molecular weight excluding hydrogens is 375 g/mol. The highest BCUT2D eigenvalue weighted by atomic mass is 35.5. The molecule has 0 saturated heterocycles. The Morgan fingerprint density at radius 3 is 2.52 bits per heavy atom. The molecule has 0 aliphatic carbocycles. The molecule has 128 valence electrons. The van der Waals surface area contributed by atoms with E-state index in [0.29, 0.717) is 10.0 Å². The fraction of sp³-hybridized carbons (Fsp3) is 0.111. The average Bonchev–Trinajstić information content (AvgIpc) is 3.12. The Kier molecular flexibility index (Phi) is 5.37. The lowest BCUT2D eigenvalue weighted by Gasteiger charge is -2.22. The number of hydrogen-bond acceptors (Lipinski definition) is 2. The largest absolute Gasteiger partial charge is 0.326 e. The van der Waals surface area contributed by atoms with Gasteiger partial charge in [0.2, 0.25) is 0 Å². The van der Waals surface area contributed by atoms with Crippen LogP contribution in [-0.2, 0) is 0 Å².